The Kier molecular flexibility index (Phi) is 8.24. The molecule has 0 heterocycles. The Balaban J connectivity index is 1.39. The lowest BCUT2D eigenvalue weighted by Crippen LogP contribution is -2.15. The molecule has 0 radical (unpaired) electrons. The summed E-state index contributed by atoms with van der Waals surface area (Å²) in [6.45, 7) is 0. The van der Waals surface area contributed by atoms with Gasteiger partial charge in [-0.15, -0.1) is 0 Å². The van der Waals surface area contributed by atoms with E-state index in [9.17, 15) is 0 Å². The minimum atomic E-state index is 1.09. The lowest BCUT2D eigenvalue weighted by molar-refractivity contribution is 1.25. The van der Waals surface area contributed by atoms with Gasteiger partial charge in [-0.2, -0.15) is 0 Å². The van der Waals surface area contributed by atoms with Gasteiger partial charge in [-0.3, -0.25) is 0 Å². The van der Waals surface area contributed by atoms with E-state index in [0.717, 1.165) is 56.4 Å². The van der Waals surface area contributed by atoms with E-state index in [1.807, 2.05) is 0 Å². The number of para-hydroxylation sites is 2. The Morgan fingerprint density at radius 3 is 0.981 bits per heavy atom. The van der Waals surface area contributed by atoms with E-state index in [0.29, 0.717) is 0 Å². The highest BCUT2D eigenvalue weighted by Gasteiger charge is 2.25. The molecule has 0 aliphatic heterocycles. The van der Waals surface area contributed by atoms with Gasteiger partial charge in [0.1, 0.15) is 0 Å². The summed E-state index contributed by atoms with van der Waals surface area (Å²) in [7, 11) is 0. The van der Waals surface area contributed by atoms with Crippen LogP contribution >= 0.6 is 0 Å². The summed E-state index contributed by atoms with van der Waals surface area (Å²) in [5.41, 5.74) is 11.1. The molecule has 0 bridgehead atoms. The molecule has 0 aliphatic rings. The zero-order valence-corrected chi connectivity index (χ0v) is 28.7. The molecule has 246 valence electrons. The van der Waals surface area contributed by atoms with Crippen LogP contribution in [0.1, 0.15) is 0 Å². The van der Waals surface area contributed by atoms with E-state index in [-0.39, 0.29) is 0 Å². The minimum Gasteiger partial charge on any atom is -0.310 e. The smallest absolute Gasteiger partial charge is 0.0561 e. The highest BCUT2D eigenvalue weighted by Crippen LogP contribution is 2.50. The van der Waals surface area contributed by atoms with E-state index in [1.165, 1.54) is 21.5 Å². The summed E-state index contributed by atoms with van der Waals surface area (Å²) >= 11 is 0. The Bertz CT molecular complexity index is 2440. The van der Waals surface area contributed by atoms with Crippen LogP contribution in [0.3, 0.4) is 0 Å². The largest absolute Gasteiger partial charge is 0.310 e. The normalized spacial score (nSPS) is 11.1. The average molecular weight is 665 g/mol. The van der Waals surface area contributed by atoms with E-state index >= 15 is 0 Å². The van der Waals surface area contributed by atoms with Crippen LogP contribution in [0.15, 0.2) is 218 Å². The zero-order valence-electron chi connectivity index (χ0n) is 28.7. The van der Waals surface area contributed by atoms with Crippen LogP contribution in [0.25, 0.3) is 43.8 Å². The van der Waals surface area contributed by atoms with Crippen molar-refractivity contribution in [2.45, 2.75) is 0 Å². The van der Waals surface area contributed by atoms with Crippen molar-refractivity contribution in [1.82, 2.24) is 0 Å². The van der Waals surface area contributed by atoms with Crippen molar-refractivity contribution in [1.29, 1.82) is 0 Å². The third kappa shape index (κ3) is 5.97. The first kappa shape index (κ1) is 31.1. The minimum absolute atomic E-state index is 1.09. The highest BCUT2D eigenvalue weighted by atomic mass is 15.2. The van der Waals surface area contributed by atoms with Crippen molar-refractivity contribution in [3.8, 4) is 22.3 Å². The van der Waals surface area contributed by atoms with Crippen LogP contribution in [0, 0.1) is 0 Å². The molecule has 0 saturated carbocycles. The summed E-state index contributed by atoms with van der Waals surface area (Å²) in [4.78, 5) is 4.83. The second-order valence-corrected chi connectivity index (χ2v) is 13.0. The van der Waals surface area contributed by atoms with Gasteiger partial charge < -0.3 is 9.80 Å². The first-order valence-electron chi connectivity index (χ1n) is 17.8. The molecule has 9 aromatic rings. The number of nitrogens with zero attached hydrogens (tertiary/aromatic N) is 2. The lowest BCUT2D eigenvalue weighted by Gasteiger charge is -2.33. The molecule has 0 aliphatic carbocycles. The number of rotatable bonds is 8. The maximum absolute atomic E-state index is 2.41. The molecule has 9 rings (SSSR count). The standard InChI is InChI=1S/C50H36N2/c1-5-19-39(20-6-1)47-35-48(40-21-7-2-8-22-40)50(52(44-27-11-4-12-28-44)46-32-30-38-18-14-16-24-42(38)34-46)36-49(47)51(43-25-9-3-10-26-43)45-31-29-37-17-13-15-23-41(37)33-45/h1-36H. The van der Waals surface area contributed by atoms with Gasteiger partial charge in [0, 0.05) is 33.9 Å². The predicted molar refractivity (Wildman–Crippen MR) is 222 cm³/mol. The predicted octanol–water partition coefficient (Wildman–Crippen LogP) is 14.3. The van der Waals surface area contributed by atoms with Gasteiger partial charge in [0.2, 0.25) is 0 Å². The van der Waals surface area contributed by atoms with E-state index < -0.39 is 0 Å². The van der Waals surface area contributed by atoms with Crippen molar-refractivity contribution in [2.24, 2.45) is 0 Å². The first-order chi connectivity index (χ1) is 25.8. The van der Waals surface area contributed by atoms with Crippen molar-refractivity contribution >= 4 is 55.7 Å². The molecule has 0 spiro atoms. The van der Waals surface area contributed by atoms with E-state index in [4.69, 9.17) is 0 Å². The molecule has 0 fully saturated rings. The number of anilines is 6. The van der Waals surface area contributed by atoms with Crippen molar-refractivity contribution in [2.75, 3.05) is 9.80 Å². The van der Waals surface area contributed by atoms with Gasteiger partial charge in [0.15, 0.2) is 0 Å². The molecule has 2 heteroatoms. The molecule has 0 saturated heterocycles. The summed E-state index contributed by atoms with van der Waals surface area (Å²) < 4.78 is 0. The van der Waals surface area contributed by atoms with Crippen LogP contribution in [-0.4, -0.2) is 0 Å². The SMILES string of the molecule is c1ccc(-c2cc(-c3ccccc3)c(N(c3ccccc3)c3ccc4ccccc4c3)cc2N(c2ccccc2)c2ccc3ccccc3c2)cc1. The number of hydrogen-bond donors (Lipinski definition) is 0. The van der Waals surface area contributed by atoms with Gasteiger partial charge in [-0.25, -0.2) is 0 Å². The van der Waals surface area contributed by atoms with E-state index in [1.54, 1.807) is 0 Å². The molecule has 0 atom stereocenters. The highest BCUT2D eigenvalue weighted by molar-refractivity contribution is 6.00. The fraction of sp³-hybridized carbons (Fsp3) is 0. The summed E-state index contributed by atoms with van der Waals surface area (Å²) in [6, 6.07) is 78.5. The Hall–Kier alpha value is -6.90. The number of hydrogen-bond acceptors (Lipinski definition) is 2. The Morgan fingerprint density at radius 2 is 0.577 bits per heavy atom. The second-order valence-electron chi connectivity index (χ2n) is 13.0. The third-order valence-corrected chi connectivity index (χ3v) is 9.78. The van der Waals surface area contributed by atoms with Crippen LogP contribution in [0.4, 0.5) is 34.1 Å². The van der Waals surface area contributed by atoms with Crippen LogP contribution in [0.5, 0.6) is 0 Å². The molecule has 2 nitrogen and oxygen atoms in total. The second kappa shape index (κ2) is 13.8. The molecular weight excluding hydrogens is 629 g/mol. The number of benzene rings is 9. The summed E-state index contributed by atoms with van der Waals surface area (Å²) in [5, 5.41) is 4.83. The van der Waals surface area contributed by atoms with E-state index in [2.05, 4.69) is 228 Å². The molecule has 0 N–H and O–H groups in total. The topological polar surface area (TPSA) is 6.48 Å². The van der Waals surface area contributed by atoms with Crippen molar-refractivity contribution < 1.29 is 0 Å². The van der Waals surface area contributed by atoms with Crippen molar-refractivity contribution in [3.63, 3.8) is 0 Å². The molecule has 0 amide bonds. The van der Waals surface area contributed by atoms with Crippen molar-refractivity contribution in [3.05, 3.63) is 218 Å². The first-order valence-corrected chi connectivity index (χ1v) is 17.8. The molecular formula is C50H36N2. The fourth-order valence-corrected chi connectivity index (χ4v) is 7.29. The molecule has 52 heavy (non-hydrogen) atoms. The van der Waals surface area contributed by atoms with Gasteiger partial charge >= 0.3 is 0 Å². The van der Waals surface area contributed by atoms with Gasteiger partial charge in [0.25, 0.3) is 0 Å². The van der Waals surface area contributed by atoms with Gasteiger partial charge in [-0.1, -0.05) is 158 Å². The maximum Gasteiger partial charge on any atom is 0.0561 e. The summed E-state index contributed by atoms with van der Waals surface area (Å²) in [5.74, 6) is 0. The fourth-order valence-electron chi connectivity index (χ4n) is 7.29. The molecule has 9 aromatic carbocycles. The van der Waals surface area contributed by atoms with Crippen LogP contribution in [0.2, 0.25) is 0 Å². The third-order valence-electron chi connectivity index (χ3n) is 9.78. The number of fused-ring (bicyclic) bond motifs is 2. The Labute approximate surface area is 305 Å². The quantitative estimate of drug-likeness (QED) is 0.159. The van der Waals surface area contributed by atoms with Gasteiger partial charge in [0.05, 0.1) is 11.4 Å². The maximum atomic E-state index is 2.41. The molecule has 0 aromatic heterocycles. The van der Waals surface area contributed by atoms with Crippen LogP contribution in [-0.2, 0) is 0 Å². The zero-order chi connectivity index (χ0) is 34.7. The molecule has 0 unspecified atom stereocenters. The summed E-state index contributed by atoms with van der Waals surface area (Å²) in [6.07, 6.45) is 0. The monoisotopic (exact) mass is 664 g/mol. The van der Waals surface area contributed by atoms with Crippen LogP contribution < -0.4 is 9.80 Å². The lowest BCUT2D eigenvalue weighted by atomic mass is 9.93. The Morgan fingerprint density at radius 1 is 0.231 bits per heavy atom. The van der Waals surface area contributed by atoms with Gasteiger partial charge in [-0.05, 0) is 93.3 Å². The average Bonchev–Trinajstić information content (AvgIpc) is 3.22.